The van der Waals surface area contributed by atoms with E-state index in [1.165, 1.54) is 81.8 Å². The fourth-order valence-corrected chi connectivity index (χ4v) is 4.78. The van der Waals surface area contributed by atoms with Crippen LogP contribution < -0.4 is 4.74 Å². The minimum absolute atomic E-state index is 0.791. The van der Waals surface area contributed by atoms with Crippen molar-refractivity contribution in [1.29, 1.82) is 0 Å². The molecule has 0 saturated heterocycles. The first kappa shape index (κ1) is 22.8. The molecule has 2 atom stereocenters. The lowest BCUT2D eigenvalue weighted by Gasteiger charge is -2.28. The van der Waals surface area contributed by atoms with Crippen molar-refractivity contribution in [3.8, 4) is 17.0 Å². The van der Waals surface area contributed by atoms with Crippen LogP contribution >= 0.6 is 0 Å². The predicted octanol–water partition coefficient (Wildman–Crippen LogP) is 8.25. The van der Waals surface area contributed by atoms with Crippen LogP contribution in [-0.2, 0) is 6.42 Å². The fraction of sp³-hybridized carbons (Fsp3) is 0.607. The maximum absolute atomic E-state index is 5.84. The first-order valence-corrected chi connectivity index (χ1v) is 12.5. The van der Waals surface area contributed by atoms with Crippen LogP contribution in [0, 0.1) is 11.8 Å². The monoisotopic (exact) mass is 407 g/mol. The van der Waals surface area contributed by atoms with Gasteiger partial charge in [-0.2, -0.15) is 0 Å². The summed E-state index contributed by atoms with van der Waals surface area (Å²) in [5.41, 5.74) is 3.67. The van der Waals surface area contributed by atoms with Gasteiger partial charge in [0.25, 0.3) is 0 Å². The number of unbranched alkanes of at least 4 members (excludes halogenated alkanes) is 4. The Morgan fingerprint density at radius 1 is 0.900 bits per heavy atom. The molecule has 164 valence electrons. The SMILES string of the molecule is CCCCCCCOc1ccc(-c2ccc(CCC3CCCC(CC)C3)cc2)nc1. The fourth-order valence-electron chi connectivity index (χ4n) is 4.78. The zero-order valence-corrected chi connectivity index (χ0v) is 19.2. The summed E-state index contributed by atoms with van der Waals surface area (Å²) in [6.07, 6.45) is 17.9. The summed E-state index contributed by atoms with van der Waals surface area (Å²) >= 11 is 0. The lowest BCUT2D eigenvalue weighted by Crippen LogP contribution is -2.15. The molecule has 1 aromatic carbocycles. The maximum Gasteiger partial charge on any atom is 0.137 e. The molecule has 0 bridgehead atoms. The van der Waals surface area contributed by atoms with Crippen LogP contribution in [0.25, 0.3) is 11.3 Å². The molecule has 3 rings (SSSR count). The van der Waals surface area contributed by atoms with Crippen LogP contribution in [0.1, 0.15) is 90.0 Å². The molecular weight excluding hydrogens is 366 g/mol. The first-order chi connectivity index (χ1) is 14.8. The highest BCUT2D eigenvalue weighted by Gasteiger charge is 2.20. The number of pyridine rings is 1. The van der Waals surface area contributed by atoms with Crippen molar-refractivity contribution in [3.05, 3.63) is 48.2 Å². The summed E-state index contributed by atoms with van der Waals surface area (Å²) in [5, 5.41) is 0. The number of rotatable bonds is 12. The molecule has 2 aromatic rings. The van der Waals surface area contributed by atoms with E-state index in [4.69, 9.17) is 4.74 Å². The molecule has 1 heterocycles. The van der Waals surface area contributed by atoms with Gasteiger partial charge < -0.3 is 4.74 Å². The Bertz CT molecular complexity index is 706. The van der Waals surface area contributed by atoms with E-state index in [9.17, 15) is 0 Å². The van der Waals surface area contributed by atoms with E-state index < -0.39 is 0 Å². The average Bonchev–Trinajstić information content (AvgIpc) is 2.81. The predicted molar refractivity (Wildman–Crippen MR) is 128 cm³/mol. The Kier molecular flexibility index (Phi) is 9.73. The smallest absolute Gasteiger partial charge is 0.137 e. The van der Waals surface area contributed by atoms with Crippen molar-refractivity contribution >= 4 is 0 Å². The van der Waals surface area contributed by atoms with Crippen LogP contribution in [-0.4, -0.2) is 11.6 Å². The zero-order chi connectivity index (χ0) is 21.0. The number of ether oxygens (including phenoxy) is 1. The van der Waals surface area contributed by atoms with Crippen LogP contribution in [0.3, 0.4) is 0 Å². The Labute approximate surface area is 184 Å². The Morgan fingerprint density at radius 3 is 2.43 bits per heavy atom. The second kappa shape index (κ2) is 12.8. The van der Waals surface area contributed by atoms with Gasteiger partial charge in [-0.3, -0.25) is 4.98 Å². The van der Waals surface area contributed by atoms with Gasteiger partial charge in [0.2, 0.25) is 0 Å². The normalized spacial score (nSPS) is 19.0. The summed E-state index contributed by atoms with van der Waals surface area (Å²) in [5.74, 6) is 2.79. The van der Waals surface area contributed by atoms with Crippen molar-refractivity contribution in [2.24, 2.45) is 11.8 Å². The van der Waals surface area contributed by atoms with Gasteiger partial charge in [0, 0.05) is 5.56 Å². The molecule has 0 radical (unpaired) electrons. The summed E-state index contributed by atoms with van der Waals surface area (Å²) in [7, 11) is 0. The highest BCUT2D eigenvalue weighted by molar-refractivity contribution is 5.59. The van der Waals surface area contributed by atoms with Gasteiger partial charge in [-0.25, -0.2) is 0 Å². The van der Waals surface area contributed by atoms with Crippen molar-refractivity contribution < 1.29 is 4.74 Å². The lowest BCUT2D eigenvalue weighted by molar-refractivity contribution is 0.250. The highest BCUT2D eigenvalue weighted by atomic mass is 16.5. The van der Waals surface area contributed by atoms with Gasteiger partial charge in [0.15, 0.2) is 0 Å². The van der Waals surface area contributed by atoms with E-state index in [1.54, 1.807) is 0 Å². The first-order valence-electron chi connectivity index (χ1n) is 12.5. The largest absolute Gasteiger partial charge is 0.492 e. The van der Waals surface area contributed by atoms with Gasteiger partial charge in [0.05, 0.1) is 18.5 Å². The van der Waals surface area contributed by atoms with E-state index in [1.807, 2.05) is 6.20 Å². The van der Waals surface area contributed by atoms with E-state index in [2.05, 4.69) is 55.2 Å². The number of aryl methyl sites for hydroxylation is 1. The van der Waals surface area contributed by atoms with E-state index in [-0.39, 0.29) is 0 Å². The molecule has 2 heteroatoms. The van der Waals surface area contributed by atoms with E-state index in [0.717, 1.165) is 36.3 Å². The van der Waals surface area contributed by atoms with Crippen LogP contribution in [0.2, 0.25) is 0 Å². The summed E-state index contributed by atoms with van der Waals surface area (Å²) in [6.45, 7) is 5.39. The quantitative estimate of drug-likeness (QED) is 0.330. The molecule has 1 saturated carbocycles. The molecular formula is C28H41NO. The van der Waals surface area contributed by atoms with E-state index in [0.29, 0.717) is 0 Å². The molecule has 1 aromatic heterocycles. The Balaban J connectivity index is 1.43. The second-order valence-electron chi connectivity index (χ2n) is 9.18. The third-order valence-corrected chi connectivity index (χ3v) is 6.81. The third-order valence-electron chi connectivity index (χ3n) is 6.81. The van der Waals surface area contributed by atoms with Gasteiger partial charge in [0.1, 0.15) is 5.75 Å². The minimum atomic E-state index is 0.791. The summed E-state index contributed by atoms with van der Waals surface area (Å²) in [6, 6.07) is 13.2. The molecule has 30 heavy (non-hydrogen) atoms. The molecule has 1 fully saturated rings. The van der Waals surface area contributed by atoms with Crippen LogP contribution in [0.4, 0.5) is 0 Å². The molecule has 1 aliphatic rings. The van der Waals surface area contributed by atoms with Crippen LogP contribution in [0.15, 0.2) is 42.6 Å². The summed E-state index contributed by atoms with van der Waals surface area (Å²) < 4.78 is 5.84. The number of nitrogens with zero attached hydrogens (tertiary/aromatic N) is 1. The molecule has 2 unspecified atom stereocenters. The Hall–Kier alpha value is -1.83. The van der Waals surface area contributed by atoms with Crippen molar-refractivity contribution in [2.45, 2.75) is 90.9 Å². The van der Waals surface area contributed by atoms with Gasteiger partial charge in [-0.15, -0.1) is 0 Å². The molecule has 0 N–H and O–H groups in total. The molecule has 2 nitrogen and oxygen atoms in total. The molecule has 0 aliphatic heterocycles. The van der Waals surface area contributed by atoms with Crippen molar-refractivity contribution in [1.82, 2.24) is 4.98 Å². The number of hydrogen-bond acceptors (Lipinski definition) is 2. The summed E-state index contributed by atoms with van der Waals surface area (Å²) in [4.78, 5) is 4.62. The maximum atomic E-state index is 5.84. The van der Waals surface area contributed by atoms with Crippen LogP contribution in [0.5, 0.6) is 5.75 Å². The second-order valence-corrected chi connectivity index (χ2v) is 9.18. The number of benzene rings is 1. The lowest BCUT2D eigenvalue weighted by atomic mass is 9.78. The molecule has 0 amide bonds. The highest BCUT2D eigenvalue weighted by Crippen LogP contribution is 2.33. The number of hydrogen-bond donors (Lipinski definition) is 0. The number of aromatic nitrogens is 1. The van der Waals surface area contributed by atoms with E-state index >= 15 is 0 Å². The van der Waals surface area contributed by atoms with Gasteiger partial charge in [-0.1, -0.05) is 89.5 Å². The standard InChI is InChI=1S/C28H41NO/c1-3-5-6-7-8-20-30-27-18-19-28(29-22-27)26-16-14-24(15-17-26)12-13-25-11-9-10-23(4-2)21-25/h14-19,22-23,25H,3-13,20-21H2,1-2H3. The molecule has 1 aliphatic carbocycles. The topological polar surface area (TPSA) is 22.1 Å². The average molecular weight is 408 g/mol. The third kappa shape index (κ3) is 7.45. The molecule has 0 spiro atoms. The van der Waals surface area contributed by atoms with Gasteiger partial charge >= 0.3 is 0 Å². The van der Waals surface area contributed by atoms with Crippen molar-refractivity contribution in [2.75, 3.05) is 6.61 Å². The van der Waals surface area contributed by atoms with Gasteiger partial charge in [-0.05, 0) is 55.2 Å². The zero-order valence-electron chi connectivity index (χ0n) is 19.2. The van der Waals surface area contributed by atoms with Crippen molar-refractivity contribution in [3.63, 3.8) is 0 Å². The minimum Gasteiger partial charge on any atom is -0.492 e. The Morgan fingerprint density at radius 2 is 1.70 bits per heavy atom.